The van der Waals surface area contributed by atoms with Gasteiger partial charge in [-0.15, -0.1) is 0 Å². The van der Waals surface area contributed by atoms with Crippen molar-refractivity contribution >= 4 is 91.0 Å². The van der Waals surface area contributed by atoms with E-state index < -0.39 is 26.3 Å². The molecule has 0 saturated heterocycles. The van der Waals surface area contributed by atoms with Crippen LogP contribution in [0.25, 0.3) is 0 Å². The van der Waals surface area contributed by atoms with Gasteiger partial charge in [-0.2, -0.15) is 0 Å². The first-order valence-corrected chi connectivity index (χ1v) is 48.1. The molecular weight excluding hydrogens is 1610 g/mol. The second-order valence-electron chi connectivity index (χ2n) is 43.2. The van der Waals surface area contributed by atoms with Crippen molar-refractivity contribution < 1.29 is 12.3 Å². The summed E-state index contributed by atoms with van der Waals surface area (Å²) in [6.07, 6.45) is 0. The Morgan fingerprint density at radius 3 is 0.848 bits per heavy atom. The lowest BCUT2D eigenvalue weighted by molar-refractivity contribution is 0.465. The van der Waals surface area contributed by atoms with Gasteiger partial charge in [-0.1, -0.05) is 274 Å². The summed E-state index contributed by atoms with van der Waals surface area (Å²) in [4.78, 5) is 10.7. The number of para-hydroxylation sites is 16. The summed E-state index contributed by atoms with van der Waals surface area (Å²) in [6.45, 7) is 81.2. The summed E-state index contributed by atoms with van der Waals surface area (Å²) in [6, 6.07) is 86.7. The second-order valence-corrected chi connectivity index (χ2v) is 43.2. The van der Waals surface area contributed by atoms with Crippen molar-refractivity contribution in [3.8, 4) is 0 Å². The molecule has 724 valence electrons. The molecule has 0 aromatic heterocycles. The van der Waals surface area contributed by atoms with Gasteiger partial charge >= 0.3 is 0 Å². The third kappa shape index (κ3) is 41.7. The van der Waals surface area contributed by atoms with Gasteiger partial charge in [0.1, 0.15) is 0 Å². The molecule has 10 heteroatoms. The van der Waals surface area contributed by atoms with Gasteiger partial charge in [0.2, 0.25) is 0 Å². The number of aryl methyl sites for hydroxylation is 8. The van der Waals surface area contributed by atoms with Crippen LogP contribution in [0.3, 0.4) is 0 Å². The molecule has 132 heavy (non-hydrogen) atoms. The van der Waals surface area contributed by atoms with Crippen LogP contribution >= 0.6 is 0 Å². The Bertz CT molecular complexity index is 5280. The van der Waals surface area contributed by atoms with E-state index in [-0.39, 0.29) is 27.8 Å². The van der Waals surface area contributed by atoms with Crippen LogP contribution in [0.5, 0.6) is 0 Å². The number of rotatable bonds is 18. The summed E-state index contributed by atoms with van der Waals surface area (Å²) in [5.74, 6) is 4.17. The van der Waals surface area contributed by atoms with Crippen molar-refractivity contribution in [1.82, 2.24) is 0 Å². The highest BCUT2D eigenvalue weighted by Gasteiger charge is 2.32. The van der Waals surface area contributed by atoms with Gasteiger partial charge in [-0.3, -0.25) is 0 Å². The quantitative estimate of drug-likeness (QED) is 0.0574. The molecule has 0 aliphatic heterocycles. The molecule has 0 aliphatic rings. The zero-order valence-corrected chi connectivity index (χ0v) is 90.0. The smallest absolute Gasteiger partial charge is 0.0655 e. The number of nitrogens with one attached hydrogen (secondary N) is 5. The number of hydrogen-bond acceptors (Lipinski definition) is 10. The molecule has 0 fully saturated rings. The topological polar surface area (TPSA) is 76.4 Å². The van der Waals surface area contributed by atoms with Crippen molar-refractivity contribution in [3.05, 3.63) is 299 Å². The van der Waals surface area contributed by atoms with E-state index in [0.717, 1.165) is 86.1 Å². The minimum absolute atomic E-state index is 0.0458. The minimum Gasteiger partial charge on any atom is -0.386 e. The Morgan fingerprint density at radius 2 is 0.538 bits per heavy atom. The normalized spacial score (nSPS) is 12.3. The molecule has 5 N–H and O–H groups in total. The third-order valence-corrected chi connectivity index (χ3v) is 18.9. The SMILES string of the molecule is CC(C)(C)N(c1ccccc1)c1ccccc1Nc1ccccc1.CC(C)C.CC(C)C.CC(C)C.CC(C)C.CC(C)C.CC(C)Nc1ccccc1N(C(C)C)C(C)(C)C.Cc1cccc(C)c1Nc1ccccc1N(c1c(C)cccc1C)C(C)(C)C.[2H]C([2H])([2H])Nc1ccccc1N(C([2H])([2H])[2H])C(C)(C)C.[2H]C([2H])([2H])c1cccc(C)c1N(c1ccccc1Nc1c(C)cccc1C)C(C)(C)C. The molecule has 0 radical (unpaired) electrons. The maximum Gasteiger partial charge on any atom is 0.0655 e. The summed E-state index contributed by atoms with van der Waals surface area (Å²) in [5.41, 5.74) is 23.8. The number of nitrogens with zero attached hydrogens (tertiary/aromatic N) is 5. The highest BCUT2D eigenvalue weighted by atomic mass is 15.2. The van der Waals surface area contributed by atoms with E-state index in [4.69, 9.17) is 12.3 Å². The van der Waals surface area contributed by atoms with Gasteiger partial charge in [0.25, 0.3) is 0 Å². The Morgan fingerprint density at radius 1 is 0.258 bits per heavy atom. The molecule has 0 heterocycles. The monoisotopic (exact) mass is 1800 g/mol. The van der Waals surface area contributed by atoms with E-state index in [9.17, 15) is 0 Å². The van der Waals surface area contributed by atoms with E-state index in [1.807, 2.05) is 55.5 Å². The molecule has 11 aromatic carbocycles. The Labute approximate surface area is 823 Å². The minimum atomic E-state index is -2.38. The first-order chi connectivity index (χ1) is 64.9. The standard InChI is InChI=1S/2C26H32N2.C22H24N2.C16H28N2.C12H20N2.5C4H10/c2*1-18-12-10-13-19(2)24(18)27-22-16-8-9-17-23(22)28(26(5,6)7)25-20(3)14-11-15-21(25)4;1-22(2,3)24(19-14-8-5-9-15-19)21-17-11-10-16-20(21)23-18-12-6-4-7-13-18;1-12(2)17-14-10-8-9-11-15(14)18(13(3)4)16(5,6)7;1-12(2,3)14(5)11-9-7-6-8-10(11)13-4;5*1-4(2)3/h2*8-17,27H,1-7H3;4-17,23H,1-3H3;8-13,17H,1-7H3;6-9,13H,1-5H3;5*4H,1-3H3/i3D3;;;;4D3,5D3;;;;;. The van der Waals surface area contributed by atoms with Crippen LogP contribution in [-0.2, 0) is 0 Å². The van der Waals surface area contributed by atoms with Gasteiger partial charge in [-0.05, 0) is 346 Å². The van der Waals surface area contributed by atoms with Crippen LogP contribution in [0, 0.1) is 84.9 Å². The zero-order valence-electron chi connectivity index (χ0n) is 99.0. The highest BCUT2D eigenvalue weighted by molar-refractivity contribution is 5.87. The van der Waals surface area contributed by atoms with Crippen molar-refractivity contribution in [3.63, 3.8) is 0 Å². The largest absolute Gasteiger partial charge is 0.386 e. The first-order valence-electron chi connectivity index (χ1n) is 52.6. The molecule has 0 unspecified atom stereocenters. The number of benzene rings is 11. The molecular formula is C122H186N10. The van der Waals surface area contributed by atoms with Crippen LogP contribution in [0.1, 0.15) is 292 Å². The van der Waals surface area contributed by atoms with Gasteiger partial charge in [0, 0.05) is 100 Å². The third-order valence-electron chi connectivity index (χ3n) is 18.9. The van der Waals surface area contributed by atoms with Crippen molar-refractivity contribution in [1.29, 1.82) is 0 Å². The predicted molar refractivity (Wildman–Crippen MR) is 601 cm³/mol. The van der Waals surface area contributed by atoms with Gasteiger partial charge in [0.05, 0.1) is 56.9 Å². The number of anilines is 16. The molecule has 0 aliphatic carbocycles. The predicted octanol–water partition coefficient (Wildman–Crippen LogP) is 37.4. The summed E-state index contributed by atoms with van der Waals surface area (Å²) >= 11 is 0. The Kier molecular flexibility index (Phi) is 43.6. The van der Waals surface area contributed by atoms with Crippen LogP contribution in [0.15, 0.2) is 255 Å². The van der Waals surface area contributed by atoms with E-state index in [1.165, 1.54) is 67.0 Å². The molecule has 0 spiro atoms. The van der Waals surface area contributed by atoms with Crippen molar-refractivity contribution in [2.24, 2.45) is 29.6 Å². The summed E-state index contributed by atoms with van der Waals surface area (Å²) in [7, 11) is 0. The summed E-state index contributed by atoms with van der Waals surface area (Å²) in [5, 5.41) is 16.8. The molecule has 0 amide bonds. The molecule has 0 atom stereocenters. The zero-order chi connectivity index (χ0) is 108. The molecule has 10 nitrogen and oxygen atoms in total. The van der Waals surface area contributed by atoms with Crippen LogP contribution < -0.4 is 51.1 Å². The highest BCUT2D eigenvalue weighted by Crippen LogP contribution is 2.46. The van der Waals surface area contributed by atoms with E-state index >= 15 is 0 Å². The van der Waals surface area contributed by atoms with E-state index in [2.05, 4.69) is 478 Å². The average molecular weight is 1800 g/mol. The van der Waals surface area contributed by atoms with E-state index in [0.29, 0.717) is 23.3 Å². The van der Waals surface area contributed by atoms with Crippen LogP contribution in [0.2, 0.25) is 0 Å². The second kappa shape index (κ2) is 56.4. The fourth-order valence-electron chi connectivity index (χ4n) is 14.2. The Hall–Kier alpha value is -10.6. The van der Waals surface area contributed by atoms with Gasteiger partial charge in [-0.25, -0.2) is 0 Å². The van der Waals surface area contributed by atoms with Crippen LogP contribution in [0.4, 0.5) is 91.0 Å². The fourth-order valence-corrected chi connectivity index (χ4v) is 14.2. The van der Waals surface area contributed by atoms with Crippen molar-refractivity contribution in [2.45, 2.75) is 331 Å². The molecule has 11 rings (SSSR count). The lowest BCUT2D eigenvalue weighted by atomic mass is 9.98. The first kappa shape index (κ1) is 102. The van der Waals surface area contributed by atoms with Gasteiger partial charge < -0.3 is 51.1 Å². The van der Waals surface area contributed by atoms with E-state index in [1.54, 1.807) is 51.1 Å². The van der Waals surface area contributed by atoms with Crippen molar-refractivity contribution in [2.75, 3.05) is 65.0 Å². The lowest BCUT2D eigenvalue weighted by Gasteiger charge is -2.42. The molecule has 0 saturated carbocycles. The van der Waals surface area contributed by atoms with Crippen LogP contribution in [-0.4, -0.2) is 53.7 Å². The fraction of sp³-hybridized carbons (Fsp3) is 0.459. The molecule has 0 bridgehead atoms. The van der Waals surface area contributed by atoms with Gasteiger partial charge in [0.15, 0.2) is 0 Å². The number of hydrogen-bond donors (Lipinski definition) is 5. The lowest BCUT2D eigenvalue weighted by Crippen LogP contribution is -2.46. The average Bonchev–Trinajstić information content (AvgIpc) is 0.756. The Balaban J connectivity index is 0.000000572. The maximum atomic E-state index is 8.15. The molecule has 11 aromatic rings. The maximum absolute atomic E-state index is 8.15. The summed E-state index contributed by atoms with van der Waals surface area (Å²) < 4.78 is 69.4.